The Bertz CT molecular complexity index is 1230. The molecule has 27 heavy (non-hydrogen) atoms. The molecule has 0 radical (unpaired) electrons. The van der Waals surface area contributed by atoms with Crippen LogP contribution < -0.4 is 11.2 Å². The van der Waals surface area contributed by atoms with E-state index in [-0.39, 0.29) is 23.6 Å². The average molecular weight is 386 g/mol. The van der Waals surface area contributed by atoms with Gasteiger partial charge in [-0.05, 0) is 41.5 Å². The molecule has 4 rings (SSSR count). The molecular weight excluding hydrogens is 367 g/mol. The van der Waals surface area contributed by atoms with Crippen LogP contribution in [-0.2, 0) is 13.1 Å². The third-order valence-corrected chi connectivity index (χ3v) is 5.46. The van der Waals surface area contributed by atoms with Crippen LogP contribution in [0.2, 0.25) is 0 Å². The lowest BCUT2D eigenvalue weighted by Gasteiger charge is -2.09. The Hall–Kier alpha value is -2.74. The summed E-state index contributed by atoms with van der Waals surface area (Å²) >= 11 is 1.33. The molecule has 1 aromatic carbocycles. The molecule has 0 saturated heterocycles. The minimum absolute atomic E-state index is 0.118. The topological polar surface area (TPSA) is 61.3 Å². The van der Waals surface area contributed by atoms with Crippen LogP contribution >= 0.6 is 11.3 Å². The van der Waals surface area contributed by atoms with Crippen LogP contribution in [0.25, 0.3) is 16.0 Å². The van der Waals surface area contributed by atoms with Gasteiger partial charge in [0.15, 0.2) is 0 Å². The van der Waals surface area contributed by atoms with Gasteiger partial charge in [0.25, 0.3) is 5.56 Å². The molecule has 0 amide bonds. The number of rotatable bonds is 5. The van der Waals surface area contributed by atoms with Gasteiger partial charge in [0.05, 0.1) is 12.1 Å². The minimum atomic E-state index is -0.330. The molecular formula is C19H19FN4O2S. The van der Waals surface area contributed by atoms with E-state index in [0.717, 1.165) is 12.0 Å². The van der Waals surface area contributed by atoms with E-state index in [0.29, 0.717) is 28.5 Å². The quantitative estimate of drug-likeness (QED) is 0.530. The highest BCUT2D eigenvalue weighted by Crippen LogP contribution is 2.18. The first-order valence-electron chi connectivity index (χ1n) is 8.79. The number of thiophene rings is 1. The second-order valence-corrected chi connectivity index (χ2v) is 7.89. The van der Waals surface area contributed by atoms with E-state index in [9.17, 15) is 14.0 Å². The van der Waals surface area contributed by atoms with Gasteiger partial charge in [-0.1, -0.05) is 26.0 Å². The molecule has 0 aliphatic carbocycles. The van der Waals surface area contributed by atoms with Crippen molar-refractivity contribution < 1.29 is 4.39 Å². The lowest BCUT2D eigenvalue weighted by molar-refractivity contribution is 0.512. The van der Waals surface area contributed by atoms with Crippen molar-refractivity contribution in [3.05, 3.63) is 67.9 Å². The number of halogens is 1. The SMILES string of the molecule is CC(C)CCn1c(=O)c2sccc2n2c(=O)n(Cc3ccc(F)cc3)nc12. The van der Waals surface area contributed by atoms with Crippen molar-refractivity contribution >= 4 is 27.3 Å². The highest BCUT2D eigenvalue weighted by Gasteiger charge is 2.18. The molecule has 0 aliphatic heterocycles. The molecule has 0 unspecified atom stereocenters. The molecule has 0 atom stereocenters. The summed E-state index contributed by atoms with van der Waals surface area (Å²) in [5, 5.41) is 6.25. The second-order valence-electron chi connectivity index (χ2n) is 6.98. The summed E-state index contributed by atoms with van der Waals surface area (Å²) in [6.45, 7) is 4.89. The fraction of sp³-hybridized carbons (Fsp3) is 0.316. The standard InChI is InChI=1S/C19H19FN4O2S/c1-12(2)7-9-22-17(25)16-15(8-10-27-16)24-18(22)21-23(19(24)26)11-13-3-5-14(20)6-4-13/h3-6,8,10,12H,7,9,11H2,1-2H3. The molecule has 6 nitrogen and oxygen atoms in total. The van der Waals surface area contributed by atoms with Crippen LogP contribution in [-0.4, -0.2) is 18.7 Å². The fourth-order valence-electron chi connectivity index (χ4n) is 3.09. The number of nitrogens with zero attached hydrogens (tertiary/aromatic N) is 4. The van der Waals surface area contributed by atoms with E-state index in [1.165, 1.54) is 32.6 Å². The smallest absolute Gasteiger partial charge is 0.276 e. The summed E-state index contributed by atoms with van der Waals surface area (Å²) in [6, 6.07) is 7.72. The van der Waals surface area contributed by atoms with Crippen molar-refractivity contribution in [3.8, 4) is 0 Å². The number of hydrogen-bond acceptors (Lipinski definition) is 4. The molecule has 0 saturated carbocycles. The highest BCUT2D eigenvalue weighted by molar-refractivity contribution is 7.17. The predicted octanol–water partition coefficient (Wildman–Crippen LogP) is 3.11. The second kappa shape index (κ2) is 6.77. The highest BCUT2D eigenvalue weighted by atomic mass is 32.1. The molecule has 0 aliphatic rings. The Morgan fingerprint density at radius 1 is 1.15 bits per heavy atom. The maximum atomic E-state index is 13.1. The van der Waals surface area contributed by atoms with Crippen LogP contribution in [0.15, 0.2) is 45.3 Å². The number of hydrogen-bond donors (Lipinski definition) is 0. The summed E-state index contributed by atoms with van der Waals surface area (Å²) in [4.78, 5) is 25.9. The Labute approximate surface area is 158 Å². The van der Waals surface area contributed by atoms with E-state index >= 15 is 0 Å². The molecule has 140 valence electrons. The van der Waals surface area contributed by atoms with Crippen molar-refractivity contribution in [3.63, 3.8) is 0 Å². The summed E-state index contributed by atoms with van der Waals surface area (Å²) in [7, 11) is 0. The molecule has 0 bridgehead atoms. The monoisotopic (exact) mass is 386 g/mol. The van der Waals surface area contributed by atoms with Crippen LogP contribution in [0, 0.1) is 11.7 Å². The van der Waals surface area contributed by atoms with E-state index < -0.39 is 0 Å². The van der Waals surface area contributed by atoms with Crippen molar-refractivity contribution in [1.29, 1.82) is 0 Å². The summed E-state index contributed by atoms with van der Waals surface area (Å²) in [5.74, 6) is 0.436. The maximum Gasteiger partial charge on any atom is 0.352 e. The first-order chi connectivity index (χ1) is 13.0. The summed E-state index contributed by atoms with van der Waals surface area (Å²) < 4.78 is 18.1. The summed E-state index contributed by atoms with van der Waals surface area (Å²) in [5.41, 5.74) is 0.916. The number of aryl methyl sites for hydroxylation is 1. The van der Waals surface area contributed by atoms with Crippen LogP contribution in [0.1, 0.15) is 25.8 Å². The normalized spacial score (nSPS) is 11.9. The van der Waals surface area contributed by atoms with Crippen LogP contribution in [0.5, 0.6) is 0 Å². The molecule has 0 spiro atoms. The van der Waals surface area contributed by atoms with Gasteiger partial charge in [0, 0.05) is 6.54 Å². The zero-order valence-electron chi connectivity index (χ0n) is 15.1. The third kappa shape index (κ3) is 3.10. The van der Waals surface area contributed by atoms with Gasteiger partial charge < -0.3 is 0 Å². The van der Waals surface area contributed by atoms with Gasteiger partial charge in [-0.2, -0.15) is 0 Å². The lowest BCUT2D eigenvalue weighted by Crippen LogP contribution is -2.26. The Balaban J connectivity index is 1.91. The molecule has 0 fully saturated rings. The zero-order chi connectivity index (χ0) is 19.1. The van der Waals surface area contributed by atoms with Crippen LogP contribution in [0.4, 0.5) is 4.39 Å². The fourth-order valence-corrected chi connectivity index (χ4v) is 3.91. The van der Waals surface area contributed by atoms with E-state index in [1.54, 1.807) is 22.8 Å². The molecule has 3 heterocycles. The molecule has 0 N–H and O–H groups in total. The van der Waals surface area contributed by atoms with Gasteiger partial charge in [-0.3, -0.25) is 9.36 Å². The summed E-state index contributed by atoms with van der Waals surface area (Å²) in [6.07, 6.45) is 0.811. The van der Waals surface area contributed by atoms with E-state index in [4.69, 9.17) is 0 Å². The number of benzene rings is 1. The molecule has 4 aromatic rings. The third-order valence-electron chi connectivity index (χ3n) is 4.56. The Morgan fingerprint density at radius 3 is 2.59 bits per heavy atom. The van der Waals surface area contributed by atoms with Gasteiger partial charge in [-0.25, -0.2) is 18.3 Å². The maximum absolute atomic E-state index is 13.1. The lowest BCUT2D eigenvalue weighted by atomic mass is 10.1. The van der Waals surface area contributed by atoms with Crippen molar-refractivity contribution in [2.45, 2.75) is 33.4 Å². The predicted molar refractivity (Wildman–Crippen MR) is 104 cm³/mol. The largest absolute Gasteiger partial charge is 0.352 e. The number of fused-ring (bicyclic) bond motifs is 3. The van der Waals surface area contributed by atoms with E-state index in [2.05, 4.69) is 18.9 Å². The average Bonchev–Trinajstić information content (AvgIpc) is 3.22. The first-order valence-corrected chi connectivity index (χ1v) is 9.67. The van der Waals surface area contributed by atoms with Crippen LogP contribution in [0.3, 0.4) is 0 Å². The number of aromatic nitrogens is 4. The van der Waals surface area contributed by atoms with Crippen molar-refractivity contribution in [2.75, 3.05) is 0 Å². The molecule has 8 heteroatoms. The van der Waals surface area contributed by atoms with Gasteiger partial charge in [0.2, 0.25) is 5.78 Å². The van der Waals surface area contributed by atoms with Gasteiger partial charge in [-0.15, -0.1) is 16.4 Å². The zero-order valence-corrected chi connectivity index (χ0v) is 15.9. The molecule has 3 aromatic heterocycles. The van der Waals surface area contributed by atoms with Crippen molar-refractivity contribution in [2.24, 2.45) is 5.92 Å². The van der Waals surface area contributed by atoms with Gasteiger partial charge in [0.1, 0.15) is 10.5 Å². The van der Waals surface area contributed by atoms with Crippen molar-refractivity contribution in [1.82, 2.24) is 18.7 Å². The minimum Gasteiger partial charge on any atom is -0.276 e. The van der Waals surface area contributed by atoms with Gasteiger partial charge >= 0.3 is 5.69 Å². The first kappa shape index (κ1) is 17.7. The Morgan fingerprint density at radius 2 is 1.89 bits per heavy atom. The van der Waals surface area contributed by atoms with E-state index in [1.807, 2.05) is 5.38 Å². The Kier molecular flexibility index (Phi) is 4.43.